The summed E-state index contributed by atoms with van der Waals surface area (Å²) in [5.41, 5.74) is 2.61. The lowest BCUT2D eigenvalue weighted by molar-refractivity contribution is 0.104. The summed E-state index contributed by atoms with van der Waals surface area (Å²) >= 11 is 0. The first-order valence-corrected chi connectivity index (χ1v) is 11.7. The maximum atomic E-state index is 12.8. The van der Waals surface area contributed by atoms with Gasteiger partial charge in [0.15, 0.2) is 40.3 Å². The van der Waals surface area contributed by atoms with Crippen LogP contribution in [0.15, 0.2) is 54.6 Å². The average molecular weight is 521 g/mol. The second kappa shape index (κ2) is 13.1. The van der Waals surface area contributed by atoms with Crippen LogP contribution in [0, 0.1) is 0 Å². The molecule has 0 saturated carbocycles. The number of hydrogen-bond donors (Lipinski definition) is 1. The van der Waals surface area contributed by atoms with Crippen molar-refractivity contribution in [2.24, 2.45) is 0 Å². The van der Waals surface area contributed by atoms with Crippen molar-refractivity contribution in [3.63, 3.8) is 0 Å². The molecule has 1 N–H and O–H groups in total. The van der Waals surface area contributed by atoms with E-state index in [1.807, 2.05) is 30.4 Å². The van der Waals surface area contributed by atoms with E-state index in [4.69, 9.17) is 28.4 Å². The Hall–Kier alpha value is -4.59. The molecule has 0 aliphatic heterocycles. The van der Waals surface area contributed by atoms with E-state index >= 15 is 0 Å². The highest BCUT2D eigenvalue weighted by atomic mass is 16.5. The molecule has 0 spiro atoms. The predicted octanol–water partition coefficient (Wildman–Crippen LogP) is 5.60. The number of hydrogen-bond acceptors (Lipinski definition) is 8. The molecular weight excluding hydrogens is 488 g/mol. The molecule has 200 valence electrons. The number of carbonyl (C=O) groups is 1. The monoisotopic (exact) mass is 520 g/mol. The second-order valence-corrected chi connectivity index (χ2v) is 8.02. The number of aromatic hydroxyl groups is 1. The van der Waals surface area contributed by atoms with E-state index in [0.717, 1.165) is 11.1 Å². The second-order valence-electron chi connectivity index (χ2n) is 8.02. The summed E-state index contributed by atoms with van der Waals surface area (Å²) in [5.74, 6) is 2.70. The number of ether oxygens (including phenoxy) is 6. The number of rotatable bonds is 12. The Labute approximate surface area is 222 Å². The first-order valence-electron chi connectivity index (χ1n) is 11.7. The van der Waals surface area contributed by atoms with Gasteiger partial charge in [0, 0.05) is 11.1 Å². The molecular formula is C30H32O8. The minimum absolute atomic E-state index is 0.00255. The van der Waals surface area contributed by atoms with Gasteiger partial charge in [-0.2, -0.15) is 0 Å². The topological polar surface area (TPSA) is 92.7 Å². The summed E-state index contributed by atoms with van der Waals surface area (Å²) in [4.78, 5) is 12.8. The van der Waals surface area contributed by atoms with Crippen LogP contribution in [-0.2, 0) is 6.42 Å². The van der Waals surface area contributed by atoms with Crippen LogP contribution in [0.5, 0.6) is 40.2 Å². The molecule has 38 heavy (non-hydrogen) atoms. The van der Waals surface area contributed by atoms with Crippen LogP contribution in [0.3, 0.4) is 0 Å². The zero-order chi connectivity index (χ0) is 27.7. The molecule has 0 radical (unpaired) electrons. The predicted molar refractivity (Wildman–Crippen MR) is 146 cm³/mol. The number of phenolic OH excluding ortho intramolecular Hbond substituents is 1. The SMILES string of the molecule is COc1ccc(C(=O)/C=C\Cc2c(/C=C\c3cc(OC)c(OC)c(OC)c3)ccc(OC)c2O)cc1OC. The van der Waals surface area contributed by atoms with Crippen molar-refractivity contribution < 1.29 is 38.3 Å². The number of methoxy groups -OCH3 is 6. The average Bonchev–Trinajstić information content (AvgIpc) is 2.95. The van der Waals surface area contributed by atoms with Gasteiger partial charge < -0.3 is 33.5 Å². The van der Waals surface area contributed by atoms with Crippen molar-refractivity contribution >= 4 is 17.9 Å². The minimum Gasteiger partial charge on any atom is -0.504 e. The van der Waals surface area contributed by atoms with E-state index in [2.05, 4.69) is 0 Å². The van der Waals surface area contributed by atoms with Gasteiger partial charge in [-0.25, -0.2) is 0 Å². The van der Waals surface area contributed by atoms with Crippen molar-refractivity contribution in [2.75, 3.05) is 42.7 Å². The molecule has 0 amide bonds. The summed E-state index contributed by atoms with van der Waals surface area (Å²) in [7, 11) is 9.20. The van der Waals surface area contributed by atoms with Gasteiger partial charge in [0.2, 0.25) is 5.75 Å². The fraction of sp³-hybridized carbons (Fsp3) is 0.233. The van der Waals surface area contributed by atoms with E-state index in [0.29, 0.717) is 45.6 Å². The van der Waals surface area contributed by atoms with E-state index < -0.39 is 0 Å². The van der Waals surface area contributed by atoms with Crippen LogP contribution in [0.25, 0.3) is 12.2 Å². The molecule has 0 aliphatic rings. The van der Waals surface area contributed by atoms with Crippen molar-refractivity contribution in [1.29, 1.82) is 0 Å². The van der Waals surface area contributed by atoms with Crippen molar-refractivity contribution in [2.45, 2.75) is 6.42 Å². The standard InChI is InChI=1S/C30H32O8/c1-33-24-14-13-21(18-26(24)35-3)23(31)9-7-8-22-20(12-15-25(34-2)29(22)32)11-10-19-16-27(36-4)30(38-6)28(17-19)37-5/h7,9-18,32H,8H2,1-6H3/b9-7-,11-10-. The van der Waals surface area contributed by atoms with Gasteiger partial charge in [-0.05, 0) is 60.0 Å². The fourth-order valence-corrected chi connectivity index (χ4v) is 3.92. The highest BCUT2D eigenvalue weighted by Gasteiger charge is 2.14. The Morgan fingerprint density at radius 3 is 1.89 bits per heavy atom. The summed E-state index contributed by atoms with van der Waals surface area (Å²) in [5, 5.41) is 10.8. The lowest BCUT2D eigenvalue weighted by Crippen LogP contribution is -1.98. The summed E-state index contributed by atoms with van der Waals surface area (Å²) in [6.45, 7) is 0. The Balaban J connectivity index is 1.90. The normalized spacial score (nSPS) is 11.0. The molecule has 0 atom stereocenters. The number of allylic oxidation sites excluding steroid dienone is 2. The highest BCUT2D eigenvalue weighted by Crippen LogP contribution is 2.39. The largest absolute Gasteiger partial charge is 0.504 e. The first-order chi connectivity index (χ1) is 18.4. The van der Waals surface area contributed by atoms with Crippen LogP contribution >= 0.6 is 0 Å². The quantitative estimate of drug-likeness (QED) is 0.188. The van der Waals surface area contributed by atoms with Crippen LogP contribution in [0.4, 0.5) is 0 Å². The smallest absolute Gasteiger partial charge is 0.203 e. The van der Waals surface area contributed by atoms with E-state index in [-0.39, 0.29) is 18.0 Å². The third kappa shape index (κ3) is 6.21. The lowest BCUT2D eigenvalue weighted by Gasteiger charge is -2.13. The van der Waals surface area contributed by atoms with Gasteiger partial charge >= 0.3 is 0 Å². The van der Waals surface area contributed by atoms with Crippen LogP contribution in [0.1, 0.15) is 27.0 Å². The van der Waals surface area contributed by atoms with Gasteiger partial charge in [0.1, 0.15) is 0 Å². The third-order valence-corrected chi connectivity index (χ3v) is 5.90. The molecule has 8 heteroatoms. The number of carbonyl (C=O) groups excluding carboxylic acids is 1. The zero-order valence-electron chi connectivity index (χ0n) is 22.4. The molecule has 3 aromatic rings. The maximum Gasteiger partial charge on any atom is 0.203 e. The Morgan fingerprint density at radius 2 is 1.32 bits per heavy atom. The molecule has 3 rings (SSSR count). The number of phenols is 1. The zero-order valence-corrected chi connectivity index (χ0v) is 22.4. The molecule has 0 unspecified atom stereocenters. The third-order valence-electron chi connectivity index (χ3n) is 5.90. The van der Waals surface area contributed by atoms with Gasteiger partial charge in [-0.1, -0.05) is 24.3 Å². The molecule has 3 aromatic carbocycles. The van der Waals surface area contributed by atoms with Crippen molar-refractivity contribution in [3.05, 3.63) is 76.9 Å². The summed E-state index contributed by atoms with van der Waals surface area (Å²) in [6.07, 6.45) is 7.18. The fourth-order valence-electron chi connectivity index (χ4n) is 3.92. The van der Waals surface area contributed by atoms with Crippen LogP contribution in [-0.4, -0.2) is 53.5 Å². The van der Waals surface area contributed by atoms with Gasteiger partial charge in [0.05, 0.1) is 42.7 Å². The summed E-state index contributed by atoms with van der Waals surface area (Å²) in [6, 6.07) is 12.1. The molecule has 0 saturated heterocycles. The van der Waals surface area contributed by atoms with E-state index in [1.54, 1.807) is 51.7 Å². The highest BCUT2D eigenvalue weighted by molar-refractivity contribution is 6.05. The molecule has 0 aliphatic carbocycles. The van der Waals surface area contributed by atoms with E-state index in [9.17, 15) is 9.90 Å². The van der Waals surface area contributed by atoms with Gasteiger partial charge in [-0.15, -0.1) is 0 Å². The lowest BCUT2D eigenvalue weighted by atomic mass is 10.00. The summed E-state index contributed by atoms with van der Waals surface area (Å²) < 4.78 is 32.1. The van der Waals surface area contributed by atoms with Crippen molar-refractivity contribution in [1.82, 2.24) is 0 Å². The minimum atomic E-state index is -0.206. The van der Waals surface area contributed by atoms with Crippen molar-refractivity contribution in [3.8, 4) is 40.2 Å². The maximum absolute atomic E-state index is 12.8. The molecule has 0 heterocycles. The van der Waals surface area contributed by atoms with Crippen LogP contribution < -0.4 is 28.4 Å². The molecule has 0 fully saturated rings. The number of ketones is 1. The number of benzene rings is 3. The Morgan fingerprint density at radius 1 is 0.711 bits per heavy atom. The van der Waals surface area contributed by atoms with Crippen LogP contribution in [0.2, 0.25) is 0 Å². The molecule has 0 bridgehead atoms. The molecule has 0 aromatic heterocycles. The van der Waals surface area contributed by atoms with Gasteiger partial charge in [-0.3, -0.25) is 4.79 Å². The Kier molecular flexibility index (Phi) is 9.65. The molecule has 8 nitrogen and oxygen atoms in total. The van der Waals surface area contributed by atoms with Gasteiger partial charge in [0.25, 0.3) is 0 Å². The Bertz CT molecular complexity index is 1320. The first kappa shape index (κ1) is 28.0. The van der Waals surface area contributed by atoms with E-state index in [1.165, 1.54) is 27.4 Å².